The quantitative estimate of drug-likeness (QED) is 0.815. The number of rotatable bonds is 3. The molecule has 0 N–H and O–H groups in total. The van der Waals surface area contributed by atoms with Crippen molar-refractivity contribution < 1.29 is 13.9 Å². The minimum absolute atomic E-state index is 0.209. The molecule has 3 rings (SSSR count). The number of aromatic nitrogens is 1. The van der Waals surface area contributed by atoms with Gasteiger partial charge in [-0.15, -0.1) is 0 Å². The first-order valence-electron chi connectivity index (χ1n) is 7.65. The van der Waals surface area contributed by atoms with Crippen molar-refractivity contribution in [3.8, 4) is 0 Å². The van der Waals surface area contributed by atoms with Crippen LogP contribution in [0.3, 0.4) is 0 Å². The van der Waals surface area contributed by atoms with Gasteiger partial charge in [-0.3, -0.25) is 0 Å². The second-order valence-electron chi connectivity index (χ2n) is 5.78. The summed E-state index contributed by atoms with van der Waals surface area (Å²) in [5.41, 5.74) is 2.31. The summed E-state index contributed by atoms with van der Waals surface area (Å²) in [6.07, 6.45) is 1.01. The molecule has 0 saturated carbocycles. The lowest BCUT2D eigenvalue weighted by atomic mass is 9.99. The molecule has 0 amide bonds. The molecule has 2 heterocycles. The minimum atomic E-state index is -0.368. The number of pyridine rings is 1. The van der Waals surface area contributed by atoms with Gasteiger partial charge in [-0.1, -0.05) is 12.1 Å². The SMILES string of the molecule is COC(=O)c1ccc(N2CCC(c3ccc(F)cc3)C2)nc1C. The lowest BCUT2D eigenvalue weighted by molar-refractivity contribution is 0.0599. The van der Waals surface area contributed by atoms with Gasteiger partial charge in [-0.05, 0) is 43.2 Å². The van der Waals surface area contributed by atoms with E-state index in [1.807, 2.05) is 25.1 Å². The van der Waals surface area contributed by atoms with Gasteiger partial charge in [0.15, 0.2) is 0 Å². The van der Waals surface area contributed by atoms with Gasteiger partial charge in [0.25, 0.3) is 0 Å². The molecular formula is C18H19FN2O2. The number of benzene rings is 1. The predicted octanol–water partition coefficient (Wildman–Crippen LogP) is 3.31. The summed E-state index contributed by atoms with van der Waals surface area (Å²) in [5, 5.41) is 0. The van der Waals surface area contributed by atoms with E-state index in [9.17, 15) is 9.18 Å². The number of nitrogens with zero attached hydrogens (tertiary/aromatic N) is 2. The number of esters is 1. The van der Waals surface area contributed by atoms with Crippen LogP contribution in [0.15, 0.2) is 36.4 Å². The second-order valence-corrected chi connectivity index (χ2v) is 5.78. The summed E-state index contributed by atoms with van der Waals surface area (Å²) < 4.78 is 17.8. The van der Waals surface area contributed by atoms with E-state index in [2.05, 4.69) is 9.88 Å². The Labute approximate surface area is 134 Å². The van der Waals surface area contributed by atoms with Crippen LogP contribution >= 0.6 is 0 Å². The highest BCUT2D eigenvalue weighted by molar-refractivity contribution is 5.90. The lowest BCUT2D eigenvalue weighted by Crippen LogP contribution is -2.21. The number of hydrogen-bond donors (Lipinski definition) is 0. The largest absolute Gasteiger partial charge is 0.465 e. The first-order chi connectivity index (χ1) is 11.1. The van der Waals surface area contributed by atoms with E-state index in [1.54, 1.807) is 6.07 Å². The zero-order chi connectivity index (χ0) is 16.4. The summed E-state index contributed by atoms with van der Waals surface area (Å²) in [6.45, 7) is 3.55. The van der Waals surface area contributed by atoms with E-state index in [4.69, 9.17) is 4.74 Å². The van der Waals surface area contributed by atoms with Crippen molar-refractivity contribution in [3.05, 3.63) is 59.0 Å². The van der Waals surface area contributed by atoms with Gasteiger partial charge in [0.05, 0.1) is 18.4 Å². The fourth-order valence-electron chi connectivity index (χ4n) is 3.02. The third-order valence-electron chi connectivity index (χ3n) is 4.33. The number of halogens is 1. The molecule has 1 aromatic carbocycles. The van der Waals surface area contributed by atoms with Crippen molar-refractivity contribution in [2.75, 3.05) is 25.1 Å². The van der Waals surface area contributed by atoms with Crippen LogP contribution in [0.25, 0.3) is 0 Å². The summed E-state index contributed by atoms with van der Waals surface area (Å²) in [7, 11) is 1.36. The predicted molar refractivity (Wildman–Crippen MR) is 86.3 cm³/mol. The maximum Gasteiger partial charge on any atom is 0.339 e. The molecule has 120 valence electrons. The van der Waals surface area contributed by atoms with Crippen molar-refractivity contribution in [1.29, 1.82) is 0 Å². The minimum Gasteiger partial charge on any atom is -0.465 e. The molecule has 1 saturated heterocycles. The fourth-order valence-corrected chi connectivity index (χ4v) is 3.02. The van der Waals surface area contributed by atoms with Gasteiger partial charge >= 0.3 is 5.97 Å². The molecule has 1 atom stereocenters. The van der Waals surface area contributed by atoms with Crippen molar-refractivity contribution in [3.63, 3.8) is 0 Å². The number of carbonyl (C=O) groups is 1. The normalized spacial score (nSPS) is 17.3. The van der Waals surface area contributed by atoms with Crippen molar-refractivity contribution in [2.45, 2.75) is 19.3 Å². The van der Waals surface area contributed by atoms with Crippen molar-refractivity contribution in [2.24, 2.45) is 0 Å². The molecule has 0 radical (unpaired) electrons. The van der Waals surface area contributed by atoms with Crippen LogP contribution in [-0.4, -0.2) is 31.2 Å². The zero-order valence-corrected chi connectivity index (χ0v) is 13.3. The van der Waals surface area contributed by atoms with Gasteiger partial charge in [-0.2, -0.15) is 0 Å². The number of methoxy groups -OCH3 is 1. The first kappa shape index (κ1) is 15.5. The highest BCUT2D eigenvalue weighted by atomic mass is 19.1. The highest BCUT2D eigenvalue weighted by Crippen LogP contribution is 2.30. The third kappa shape index (κ3) is 3.18. The Morgan fingerprint density at radius 2 is 2.00 bits per heavy atom. The van der Waals surface area contributed by atoms with E-state index < -0.39 is 0 Å². The van der Waals surface area contributed by atoms with Gasteiger partial charge in [-0.25, -0.2) is 14.2 Å². The molecule has 1 aliphatic rings. The average Bonchev–Trinajstić information content (AvgIpc) is 3.04. The van der Waals surface area contributed by atoms with Gasteiger partial charge in [0.2, 0.25) is 0 Å². The van der Waals surface area contributed by atoms with Crippen LogP contribution in [0.2, 0.25) is 0 Å². The van der Waals surface area contributed by atoms with Crippen LogP contribution in [0.4, 0.5) is 10.2 Å². The molecule has 0 aliphatic carbocycles. The van der Waals surface area contributed by atoms with Gasteiger partial charge in [0, 0.05) is 19.0 Å². The van der Waals surface area contributed by atoms with Crippen LogP contribution in [0.5, 0.6) is 0 Å². The molecule has 1 unspecified atom stereocenters. The summed E-state index contributed by atoms with van der Waals surface area (Å²) >= 11 is 0. The molecule has 0 bridgehead atoms. The number of hydrogen-bond acceptors (Lipinski definition) is 4. The Kier molecular flexibility index (Phi) is 4.28. The van der Waals surface area contributed by atoms with E-state index in [0.29, 0.717) is 17.2 Å². The maximum absolute atomic E-state index is 13.0. The molecule has 2 aromatic rings. The maximum atomic E-state index is 13.0. The fraction of sp³-hybridized carbons (Fsp3) is 0.333. The molecule has 0 spiro atoms. The first-order valence-corrected chi connectivity index (χ1v) is 7.65. The Morgan fingerprint density at radius 3 is 2.65 bits per heavy atom. The van der Waals surface area contributed by atoms with Crippen LogP contribution in [-0.2, 0) is 4.74 Å². The number of ether oxygens (including phenoxy) is 1. The monoisotopic (exact) mass is 314 g/mol. The smallest absolute Gasteiger partial charge is 0.339 e. The molecule has 1 fully saturated rings. The average molecular weight is 314 g/mol. The topological polar surface area (TPSA) is 42.4 Å². The number of carbonyl (C=O) groups excluding carboxylic acids is 1. The molecule has 23 heavy (non-hydrogen) atoms. The molecule has 1 aromatic heterocycles. The number of aryl methyl sites for hydroxylation is 1. The zero-order valence-electron chi connectivity index (χ0n) is 13.3. The Bertz CT molecular complexity index is 715. The molecule has 1 aliphatic heterocycles. The van der Waals surface area contributed by atoms with E-state index in [0.717, 1.165) is 30.9 Å². The summed E-state index contributed by atoms with van der Waals surface area (Å²) in [6, 6.07) is 10.3. The van der Waals surface area contributed by atoms with E-state index in [1.165, 1.54) is 19.2 Å². The third-order valence-corrected chi connectivity index (χ3v) is 4.33. The molecule has 4 nitrogen and oxygen atoms in total. The molecular weight excluding hydrogens is 295 g/mol. The van der Waals surface area contributed by atoms with Crippen LogP contribution in [0, 0.1) is 12.7 Å². The van der Waals surface area contributed by atoms with Crippen LogP contribution < -0.4 is 4.90 Å². The van der Waals surface area contributed by atoms with E-state index >= 15 is 0 Å². The Hall–Kier alpha value is -2.43. The summed E-state index contributed by atoms with van der Waals surface area (Å²) in [4.78, 5) is 18.4. The standard InChI is InChI=1S/C18H19FN2O2/c1-12-16(18(22)23-2)7-8-17(20-12)21-10-9-14(11-21)13-3-5-15(19)6-4-13/h3-8,14H,9-11H2,1-2H3. The van der Waals surface area contributed by atoms with Gasteiger partial charge in [0.1, 0.15) is 11.6 Å². The Morgan fingerprint density at radius 1 is 1.26 bits per heavy atom. The van der Waals surface area contributed by atoms with E-state index in [-0.39, 0.29) is 11.8 Å². The Balaban J connectivity index is 1.75. The summed E-state index contributed by atoms with van der Waals surface area (Å²) in [5.74, 6) is 0.657. The second kappa shape index (κ2) is 6.36. The number of anilines is 1. The van der Waals surface area contributed by atoms with Crippen molar-refractivity contribution in [1.82, 2.24) is 4.98 Å². The van der Waals surface area contributed by atoms with Crippen LogP contribution in [0.1, 0.15) is 34.0 Å². The lowest BCUT2D eigenvalue weighted by Gasteiger charge is -2.19. The van der Waals surface area contributed by atoms with Gasteiger partial charge < -0.3 is 9.64 Å². The van der Waals surface area contributed by atoms with Crippen molar-refractivity contribution >= 4 is 11.8 Å². The highest BCUT2D eigenvalue weighted by Gasteiger charge is 2.25. The molecule has 5 heteroatoms.